The molecule has 1 fully saturated rings. The van der Waals surface area contributed by atoms with Gasteiger partial charge in [-0.1, -0.05) is 36.8 Å². The predicted molar refractivity (Wildman–Crippen MR) is 149 cm³/mol. The number of piperidine rings is 1. The number of methoxy groups -OCH3 is 1. The maximum Gasteiger partial charge on any atom is 0.246 e. The molecule has 0 bridgehead atoms. The molecular weight excluding hydrogens is 542 g/mol. The molecule has 0 aliphatic carbocycles. The SMILES string of the molecule is COc1ccc(NC(=O)CN(c2ccccc2Oc2ccccc2)S(C)(=O)=O)cc1S(=O)(=O)N1CCCCC1. The number of carbonyl (C=O) groups is 1. The van der Waals surface area contributed by atoms with E-state index in [2.05, 4.69) is 5.32 Å². The number of benzene rings is 3. The molecule has 0 aromatic heterocycles. The number of anilines is 2. The number of hydrogen-bond acceptors (Lipinski definition) is 7. The van der Waals surface area contributed by atoms with E-state index in [0.717, 1.165) is 29.8 Å². The van der Waals surface area contributed by atoms with Gasteiger partial charge in [0.05, 0.1) is 19.1 Å². The standard InChI is InChI=1S/C27H31N3O7S2/c1-36-25-16-15-21(19-26(25)39(34,35)29-17-9-4-10-18-29)28-27(31)20-30(38(2,32)33)23-13-7-8-14-24(23)37-22-11-5-3-6-12-22/h3,5-8,11-16,19H,4,9-10,17-18,20H2,1-2H3,(H,28,31). The highest BCUT2D eigenvalue weighted by atomic mass is 32.2. The Kier molecular flexibility index (Phi) is 8.78. The van der Waals surface area contributed by atoms with E-state index in [-0.39, 0.29) is 27.8 Å². The number of nitrogens with one attached hydrogen (secondary N) is 1. The Bertz CT molecular complexity index is 1520. The molecule has 1 aliphatic rings. The van der Waals surface area contributed by atoms with Crippen LogP contribution in [0.25, 0.3) is 0 Å². The maximum atomic E-state index is 13.3. The van der Waals surface area contributed by atoms with Crippen molar-refractivity contribution in [1.82, 2.24) is 4.31 Å². The lowest BCUT2D eigenvalue weighted by Crippen LogP contribution is -2.37. The lowest BCUT2D eigenvalue weighted by molar-refractivity contribution is -0.114. The van der Waals surface area contributed by atoms with Gasteiger partial charge < -0.3 is 14.8 Å². The van der Waals surface area contributed by atoms with E-state index in [1.54, 1.807) is 48.5 Å². The molecule has 39 heavy (non-hydrogen) atoms. The summed E-state index contributed by atoms with van der Waals surface area (Å²) in [6.45, 7) is 0.264. The van der Waals surface area contributed by atoms with Crippen molar-refractivity contribution < 1.29 is 31.1 Å². The molecule has 3 aromatic rings. The summed E-state index contributed by atoms with van der Waals surface area (Å²) in [7, 11) is -6.38. The number of amides is 1. The second-order valence-corrected chi connectivity index (χ2v) is 12.8. The zero-order valence-corrected chi connectivity index (χ0v) is 23.4. The maximum absolute atomic E-state index is 13.3. The summed E-state index contributed by atoms with van der Waals surface area (Å²) < 4.78 is 65.7. The van der Waals surface area contributed by atoms with Gasteiger partial charge in [0.2, 0.25) is 26.0 Å². The lowest BCUT2D eigenvalue weighted by Gasteiger charge is -2.27. The van der Waals surface area contributed by atoms with Gasteiger partial charge >= 0.3 is 0 Å². The molecule has 1 saturated heterocycles. The first kappa shape index (κ1) is 28.4. The molecule has 10 nitrogen and oxygen atoms in total. The summed E-state index contributed by atoms with van der Waals surface area (Å²) in [5.41, 5.74) is 0.376. The highest BCUT2D eigenvalue weighted by Crippen LogP contribution is 2.34. The Hall–Kier alpha value is -3.61. The van der Waals surface area contributed by atoms with Gasteiger partial charge in [-0.05, 0) is 55.3 Å². The molecule has 3 aromatic carbocycles. The summed E-state index contributed by atoms with van der Waals surface area (Å²) >= 11 is 0. The monoisotopic (exact) mass is 573 g/mol. The molecule has 1 aliphatic heterocycles. The van der Waals surface area contributed by atoms with Crippen LogP contribution in [0, 0.1) is 0 Å². The van der Waals surface area contributed by atoms with Gasteiger partial charge in [-0.3, -0.25) is 9.10 Å². The van der Waals surface area contributed by atoms with Crippen LogP contribution >= 0.6 is 0 Å². The smallest absolute Gasteiger partial charge is 0.246 e. The quantitative estimate of drug-likeness (QED) is 0.388. The van der Waals surface area contributed by atoms with E-state index in [0.29, 0.717) is 18.8 Å². The van der Waals surface area contributed by atoms with Gasteiger partial charge in [-0.15, -0.1) is 0 Å². The summed E-state index contributed by atoms with van der Waals surface area (Å²) in [5, 5.41) is 2.63. The first-order chi connectivity index (χ1) is 18.6. The van der Waals surface area contributed by atoms with Crippen LogP contribution in [0.3, 0.4) is 0 Å². The number of ether oxygens (including phenoxy) is 2. The highest BCUT2D eigenvalue weighted by molar-refractivity contribution is 7.92. The molecular formula is C27H31N3O7S2. The summed E-state index contributed by atoms with van der Waals surface area (Å²) in [6, 6.07) is 19.7. The minimum absolute atomic E-state index is 0.0636. The van der Waals surface area contributed by atoms with Crippen molar-refractivity contribution in [2.24, 2.45) is 0 Å². The first-order valence-electron chi connectivity index (χ1n) is 12.4. The summed E-state index contributed by atoms with van der Waals surface area (Å²) in [6.07, 6.45) is 3.51. The minimum atomic E-state index is -3.91. The molecule has 208 valence electrons. The number of rotatable bonds is 10. The van der Waals surface area contributed by atoms with Crippen molar-refractivity contribution in [2.45, 2.75) is 24.2 Å². The van der Waals surface area contributed by atoms with Crippen molar-refractivity contribution in [3.8, 4) is 17.2 Å². The average Bonchev–Trinajstić information content (AvgIpc) is 2.92. The number of nitrogens with zero attached hydrogens (tertiary/aromatic N) is 2. The van der Waals surface area contributed by atoms with E-state index >= 15 is 0 Å². The second kappa shape index (κ2) is 12.1. The zero-order chi connectivity index (χ0) is 28.0. The van der Waals surface area contributed by atoms with Crippen LogP contribution in [0.1, 0.15) is 19.3 Å². The van der Waals surface area contributed by atoms with Crippen molar-refractivity contribution >= 4 is 37.3 Å². The molecule has 1 amide bonds. The Labute approximate surface area is 229 Å². The molecule has 0 radical (unpaired) electrons. The minimum Gasteiger partial charge on any atom is -0.495 e. The third kappa shape index (κ3) is 6.88. The van der Waals surface area contributed by atoms with Crippen molar-refractivity contribution in [2.75, 3.05) is 42.6 Å². The van der Waals surface area contributed by atoms with E-state index in [1.165, 1.54) is 29.6 Å². The zero-order valence-electron chi connectivity index (χ0n) is 21.7. The Morgan fingerprint density at radius 3 is 2.23 bits per heavy atom. The van der Waals surface area contributed by atoms with Crippen LogP contribution in [0.15, 0.2) is 77.7 Å². The summed E-state index contributed by atoms with van der Waals surface area (Å²) in [4.78, 5) is 13.0. The molecule has 0 spiro atoms. The van der Waals surface area contributed by atoms with Gasteiger partial charge in [0, 0.05) is 18.8 Å². The van der Waals surface area contributed by atoms with E-state index in [9.17, 15) is 21.6 Å². The van der Waals surface area contributed by atoms with Crippen LogP contribution in [-0.2, 0) is 24.8 Å². The van der Waals surface area contributed by atoms with Crippen LogP contribution < -0.4 is 19.1 Å². The van der Waals surface area contributed by atoms with Gasteiger partial charge in [0.15, 0.2) is 5.75 Å². The topological polar surface area (TPSA) is 122 Å². The molecule has 0 saturated carbocycles. The normalized spacial score (nSPS) is 14.4. The molecule has 0 unspecified atom stereocenters. The molecule has 1 N–H and O–H groups in total. The predicted octanol–water partition coefficient (Wildman–Crippen LogP) is 4.07. The van der Waals surface area contributed by atoms with Gasteiger partial charge in [-0.25, -0.2) is 16.8 Å². The third-order valence-corrected chi connectivity index (χ3v) is 9.22. The van der Waals surface area contributed by atoms with Crippen LogP contribution in [0.2, 0.25) is 0 Å². The second-order valence-electron chi connectivity index (χ2n) is 9.03. The first-order valence-corrected chi connectivity index (χ1v) is 15.7. The fourth-order valence-corrected chi connectivity index (χ4v) is 6.84. The van der Waals surface area contributed by atoms with Crippen molar-refractivity contribution in [1.29, 1.82) is 0 Å². The van der Waals surface area contributed by atoms with Crippen LogP contribution in [0.4, 0.5) is 11.4 Å². The van der Waals surface area contributed by atoms with E-state index in [4.69, 9.17) is 9.47 Å². The van der Waals surface area contributed by atoms with Crippen LogP contribution in [-0.4, -0.2) is 60.0 Å². The number of hydrogen-bond donors (Lipinski definition) is 1. The van der Waals surface area contributed by atoms with Crippen molar-refractivity contribution in [3.63, 3.8) is 0 Å². The molecule has 0 atom stereocenters. The van der Waals surface area contributed by atoms with Crippen molar-refractivity contribution in [3.05, 3.63) is 72.8 Å². The Morgan fingerprint density at radius 2 is 1.56 bits per heavy atom. The molecule has 4 rings (SSSR count). The fraction of sp³-hybridized carbons (Fsp3) is 0.296. The number of carbonyl (C=O) groups excluding carboxylic acids is 1. The fourth-order valence-electron chi connectivity index (χ4n) is 4.28. The highest BCUT2D eigenvalue weighted by Gasteiger charge is 2.30. The Balaban J connectivity index is 1.59. The Morgan fingerprint density at radius 1 is 0.897 bits per heavy atom. The number of sulfonamides is 2. The van der Waals surface area contributed by atoms with E-state index in [1.807, 2.05) is 6.07 Å². The van der Waals surface area contributed by atoms with Crippen LogP contribution in [0.5, 0.6) is 17.2 Å². The largest absolute Gasteiger partial charge is 0.495 e. The average molecular weight is 574 g/mol. The van der Waals surface area contributed by atoms with Gasteiger partial charge in [0.1, 0.15) is 22.9 Å². The third-order valence-electron chi connectivity index (χ3n) is 6.17. The number of para-hydroxylation sites is 3. The lowest BCUT2D eigenvalue weighted by atomic mass is 10.2. The van der Waals surface area contributed by atoms with Gasteiger partial charge in [-0.2, -0.15) is 4.31 Å². The molecule has 1 heterocycles. The van der Waals surface area contributed by atoms with E-state index < -0.39 is 32.5 Å². The summed E-state index contributed by atoms with van der Waals surface area (Å²) in [5.74, 6) is 0.245. The van der Waals surface area contributed by atoms with Gasteiger partial charge in [0.25, 0.3) is 0 Å². The molecule has 12 heteroatoms.